The Bertz CT molecular complexity index is 1500. The molecule has 0 atom stereocenters. The first-order chi connectivity index (χ1) is 21.2. The lowest BCUT2D eigenvalue weighted by Crippen LogP contribution is -2.25. The molecule has 5 rings (SSSR count). The van der Waals surface area contributed by atoms with E-state index in [1.807, 2.05) is 54.6 Å². The largest absolute Gasteiger partial charge is 0.497 e. The molecule has 0 bridgehead atoms. The van der Waals surface area contributed by atoms with Crippen LogP contribution in [0.15, 0.2) is 120 Å². The lowest BCUT2D eigenvalue weighted by atomic mass is 9.88. The number of methoxy groups -OCH3 is 1. The Labute approximate surface area is 258 Å². The second-order valence-electron chi connectivity index (χ2n) is 10.4. The quantitative estimate of drug-likeness (QED) is 0.101. The fourth-order valence-corrected chi connectivity index (χ4v) is 6.14. The van der Waals surface area contributed by atoms with Crippen LogP contribution in [0.2, 0.25) is 0 Å². The highest BCUT2D eigenvalue weighted by atomic mass is 32.2. The van der Waals surface area contributed by atoms with Crippen LogP contribution in [0.4, 0.5) is 0 Å². The fourth-order valence-electron chi connectivity index (χ4n) is 5.17. The van der Waals surface area contributed by atoms with Gasteiger partial charge in [-0.05, 0) is 60.2 Å². The average Bonchev–Trinajstić information content (AvgIpc) is 3.46. The number of hydrogen-bond donors (Lipinski definition) is 1. The van der Waals surface area contributed by atoms with Crippen LogP contribution in [0, 0.1) is 0 Å². The first kappa shape index (κ1) is 30.1. The number of amides is 1. The Morgan fingerprint density at radius 3 is 2.07 bits per heavy atom. The molecule has 0 aliphatic heterocycles. The van der Waals surface area contributed by atoms with Crippen molar-refractivity contribution in [1.82, 2.24) is 20.1 Å². The molecular weight excluding hydrogens is 552 g/mol. The van der Waals surface area contributed by atoms with Crippen LogP contribution in [0.3, 0.4) is 0 Å². The molecule has 43 heavy (non-hydrogen) atoms. The molecule has 0 unspecified atom stereocenters. The number of unbranched alkanes of at least 4 members (excludes halogenated alkanes) is 1. The molecule has 4 aromatic carbocycles. The summed E-state index contributed by atoms with van der Waals surface area (Å²) >= 11 is 1.68. The van der Waals surface area contributed by atoms with E-state index in [4.69, 9.17) is 4.74 Å². The molecule has 0 saturated carbocycles. The molecule has 0 spiro atoms. The maximum absolute atomic E-state index is 12.6. The third kappa shape index (κ3) is 8.58. The van der Waals surface area contributed by atoms with E-state index in [1.165, 1.54) is 16.7 Å². The van der Waals surface area contributed by atoms with Gasteiger partial charge in [0.05, 0.1) is 7.11 Å². The Morgan fingerprint density at radius 2 is 1.44 bits per heavy atom. The minimum absolute atomic E-state index is 0.108. The number of rotatable bonds is 15. The van der Waals surface area contributed by atoms with Crippen LogP contribution in [0.5, 0.6) is 5.75 Å². The minimum atomic E-state index is 0.108. The Morgan fingerprint density at radius 1 is 0.814 bits per heavy atom. The molecule has 0 aliphatic rings. The van der Waals surface area contributed by atoms with Crippen LogP contribution >= 0.6 is 11.8 Å². The van der Waals surface area contributed by atoms with Crippen molar-refractivity contribution in [2.24, 2.45) is 0 Å². The van der Waals surface area contributed by atoms with Crippen LogP contribution in [-0.4, -0.2) is 40.1 Å². The Balaban J connectivity index is 1.11. The van der Waals surface area contributed by atoms with Gasteiger partial charge in [0.2, 0.25) is 5.91 Å². The van der Waals surface area contributed by atoms with E-state index < -0.39 is 0 Å². The van der Waals surface area contributed by atoms with Crippen molar-refractivity contribution >= 4 is 17.7 Å². The number of nitrogens with zero attached hydrogens (tertiary/aromatic N) is 3. The van der Waals surface area contributed by atoms with Gasteiger partial charge in [-0.3, -0.25) is 9.36 Å². The van der Waals surface area contributed by atoms with Gasteiger partial charge in [-0.25, -0.2) is 0 Å². The zero-order chi connectivity index (χ0) is 29.7. The molecule has 0 fully saturated rings. The van der Waals surface area contributed by atoms with Crippen molar-refractivity contribution in [2.45, 2.75) is 43.2 Å². The van der Waals surface area contributed by atoms with Crippen molar-refractivity contribution in [3.8, 4) is 11.4 Å². The summed E-state index contributed by atoms with van der Waals surface area (Å²) in [5.41, 5.74) is 4.73. The summed E-state index contributed by atoms with van der Waals surface area (Å²) in [5.74, 6) is 2.93. The summed E-state index contributed by atoms with van der Waals surface area (Å²) in [6.45, 7) is 0.650. The van der Waals surface area contributed by atoms with Gasteiger partial charge in [0, 0.05) is 36.7 Å². The molecule has 1 aromatic heterocycles. The predicted octanol–water partition coefficient (Wildman–Crippen LogP) is 7.47. The number of ether oxygens (including phenoxy) is 1. The Hall–Kier alpha value is -4.36. The number of aromatic nitrogens is 3. The fraction of sp³-hybridized carbons (Fsp3) is 0.250. The summed E-state index contributed by atoms with van der Waals surface area (Å²) in [6.07, 6.45) is 3.82. The number of hydrogen-bond acceptors (Lipinski definition) is 5. The standard InChI is InChI=1S/C36H38N4O2S/c1-42-32-22-20-31(21-23-32)40-34(27-28-13-5-2-6-14-28)38-39-36(40)43-26-12-11-19-35(41)37-25-24-33(29-15-7-3-8-16-29)30-17-9-4-10-18-30/h2-10,13-18,20-23,33H,11-12,19,24-27H2,1H3,(H,37,41). The summed E-state index contributed by atoms with van der Waals surface area (Å²) in [5, 5.41) is 13.1. The highest BCUT2D eigenvalue weighted by Crippen LogP contribution is 2.28. The molecular formula is C36H38N4O2S. The zero-order valence-corrected chi connectivity index (χ0v) is 25.4. The lowest BCUT2D eigenvalue weighted by molar-refractivity contribution is -0.121. The zero-order valence-electron chi connectivity index (χ0n) is 24.6. The van der Waals surface area contributed by atoms with Crippen molar-refractivity contribution in [2.75, 3.05) is 19.4 Å². The van der Waals surface area contributed by atoms with Gasteiger partial charge >= 0.3 is 0 Å². The summed E-state index contributed by atoms with van der Waals surface area (Å²) in [7, 11) is 1.67. The first-order valence-corrected chi connectivity index (χ1v) is 15.8. The molecule has 5 aromatic rings. The average molecular weight is 591 g/mol. The van der Waals surface area contributed by atoms with E-state index >= 15 is 0 Å². The molecule has 1 N–H and O–H groups in total. The van der Waals surface area contributed by atoms with Gasteiger partial charge in [0.25, 0.3) is 0 Å². The molecule has 1 amide bonds. The summed E-state index contributed by atoms with van der Waals surface area (Å²) in [4.78, 5) is 12.6. The monoisotopic (exact) mass is 590 g/mol. The van der Waals surface area contributed by atoms with E-state index in [-0.39, 0.29) is 11.8 Å². The van der Waals surface area contributed by atoms with Gasteiger partial charge in [-0.15, -0.1) is 10.2 Å². The number of thioether (sulfide) groups is 1. The van der Waals surface area contributed by atoms with Gasteiger partial charge in [0.1, 0.15) is 11.6 Å². The van der Waals surface area contributed by atoms with Crippen LogP contribution in [-0.2, 0) is 11.2 Å². The molecule has 220 valence electrons. The van der Waals surface area contributed by atoms with E-state index in [0.717, 1.165) is 47.4 Å². The molecule has 0 aliphatic carbocycles. The van der Waals surface area contributed by atoms with Crippen LogP contribution in [0.25, 0.3) is 5.69 Å². The van der Waals surface area contributed by atoms with Gasteiger partial charge in [-0.1, -0.05) is 103 Å². The highest BCUT2D eigenvalue weighted by Gasteiger charge is 2.16. The molecule has 0 saturated heterocycles. The highest BCUT2D eigenvalue weighted by molar-refractivity contribution is 7.99. The number of carbonyl (C=O) groups is 1. The maximum atomic E-state index is 12.6. The molecule has 6 nitrogen and oxygen atoms in total. The van der Waals surface area contributed by atoms with E-state index in [0.29, 0.717) is 19.4 Å². The SMILES string of the molecule is COc1ccc(-n2c(Cc3ccccc3)nnc2SCCCCC(=O)NCCC(c2ccccc2)c2ccccc2)cc1. The van der Waals surface area contributed by atoms with Crippen molar-refractivity contribution in [3.63, 3.8) is 0 Å². The molecule has 0 radical (unpaired) electrons. The second-order valence-corrected chi connectivity index (χ2v) is 11.5. The van der Waals surface area contributed by atoms with E-state index in [9.17, 15) is 4.79 Å². The Kier molecular flexibility index (Phi) is 11.0. The third-order valence-corrected chi connectivity index (χ3v) is 8.44. The lowest BCUT2D eigenvalue weighted by Gasteiger charge is -2.18. The van der Waals surface area contributed by atoms with E-state index in [1.54, 1.807) is 18.9 Å². The van der Waals surface area contributed by atoms with Crippen molar-refractivity contribution < 1.29 is 9.53 Å². The van der Waals surface area contributed by atoms with Crippen molar-refractivity contribution in [1.29, 1.82) is 0 Å². The predicted molar refractivity (Wildman–Crippen MR) is 174 cm³/mol. The van der Waals surface area contributed by atoms with Crippen molar-refractivity contribution in [3.05, 3.63) is 138 Å². The van der Waals surface area contributed by atoms with Gasteiger partial charge in [0.15, 0.2) is 5.16 Å². The van der Waals surface area contributed by atoms with E-state index in [2.05, 4.69) is 80.7 Å². The second kappa shape index (κ2) is 15.8. The topological polar surface area (TPSA) is 69.0 Å². The smallest absolute Gasteiger partial charge is 0.219 e. The maximum Gasteiger partial charge on any atom is 0.219 e. The minimum Gasteiger partial charge on any atom is -0.497 e. The molecule has 7 heteroatoms. The number of benzene rings is 4. The van der Waals surface area contributed by atoms with Crippen LogP contribution in [0.1, 0.15) is 54.1 Å². The first-order valence-electron chi connectivity index (χ1n) is 14.8. The molecule has 1 heterocycles. The number of nitrogens with one attached hydrogen (secondary N) is 1. The summed E-state index contributed by atoms with van der Waals surface area (Å²) < 4.78 is 7.48. The third-order valence-electron chi connectivity index (χ3n) is 7.42. The van der Waals surface area contributed by atoms with Crippen LogP contribution < -0.4 is 10.1 Å². The number of carbonyl (C=O) groups excluding carboxylic acids is 1. The normalized spacial score (nSPS) is 11.0. The van der Waals surface area contributed by atoms with Gasteiger partial charge in [-0.2, -0.15) is 0 Å². The summed E-state index contributed by atoms with van der Waals surface area (Å²) in [6, 6.07) is 39.3. The van der Waals surface area contributed by atoms with Gasteiger partial charge < -0.3 is 10.1 Å².